The summed E-state index contributed by atoms with van der Waals surface area (Å²) < 4.78 is 16.8. The van der Waals surface area contributed by atoms with Crippen LogP contribution in [0.5, 0.6) is 0 Å². The highest BCUT2D eigenvalue weighted by molar-refractivity contribution is 5.66. The molecule has 0 radical (unpaired) electrons. The molecule has 2 N–H and O–H groups in total. The molecule has 1 saturated heterocycles. The second-order valence-electron chi connectivity index (χ2n) is 5.59. The first-order valence-electron chi connectivity index (χ1n) is 7.72. The van der Waals surface area contributed by atoms with Crippen LogP contribution in [-0.4, -0.2) is 51.5 Å². The smallest absolute Gasteiger partial charge is 0.328 e. The van der Waals surface area contributed by atoms with E-state index in [0.717, 1.165) is 6.92 Å². The Labute approximate surface area is 142 Å². The molecule has 0 amide bonds. The number of esters is 2. The van der Waals surface area contributed by atoms with Gasteiger partial charge >= 0.3 is 17.6 Å². The summed E-state index contributed by atoms with van der Waals surface area (Å²) in [6.07, 6.45) is -3.29. The lowest BCUT2D eigenvalue weighted by molar-refractivity contribution is -0.153. The van der Waals surface area contributed by atoms with E-state index < -0.39 is 47.6 Å². The molecule has 10 heteroatoms. The number of ether oxygens (including phenoxy) is 3. The van der Waals surface area contributed by atoms with Crippen LogP contribution in [0, 0.1) is 0 Å². The van der Waals surface area contributed by atoms with Crippen molar-refractivity contribution in [1.82, 2.24) is 9.55 Å². The molecule has 1 aromatic heterocycles. The van der Waals surface area contributed by atoms with Gasteiger partial charge in [0, 0.05) is 26.6 Å². The fraction of sp³-hybridized carbons (Fsp3) is 0.600. The largest absolute Gasteiger partial charge is 0.463 e. The van der Waals surface area contributed by atoms with E-state index in [1.165, 1.54) is 17.7 Å². The number of nitrogens with zero attached hydrogens (tertiary/aromatic N) is 1. The van der Waals surface area contributed by atoms with Gasteiger partial charge in [-0.3, -0.25) is 19.4 Å². The Morgan fingerprint density at radius 1 is 1.32 bits per heavy atom. The van der Waals surface area contributed by atoms with Crippen LogP contribution < -0.4 is 11.2 Å². The summed E-state index contributed by atoms with van der Waals surface area (Å²) in [6, 6.07) is 0. The Hall–Kier alpha value is -2.46. The summed E-state index contributed by atoms with van der Waals surface area (Å²) in [4.78, 5) is 48.3. The molecule has 0 aliphatic carbocycles. The maximum atomic E-state index is 12.1. The van der Waals surface area contributed by atoms with Crippen LogP contribution in [0.1, 0.15) is 32.4 Å². The molecule has 25 heavy (non-hydrogen) atoms. The molecule has 0 unspecified atom stereocenters. The molecule has 0 bridgehead atoms. The molecule has 0 spiro atoms. The minimum Gasteiger partial charge on any atom is -0.463 e. The number of aromatic amines is 1. The molecule has 1 aliphatic rings. The topological polar surface area (TPSA) is 137 Å². The van der Waals surface area contributed by atoms with Crippen molar-refractivity contribution >= 4 is 11.9 Å². The maximum Gasteiger partial charge on any atom is 0.328 e. The number of carbonyl (C=O) groups excluding carboxylic acids is 2. The fourth-order valence-electron chi connectivity index (χ4n) is 2.61. The highest BCUT2D eigenvalue weighted by Crippen LogP contribution is 2.34. The van der Waals surface area contributed by atoms with E-state index in [1.54, 1.807) is 6.92 Å². The lowest BCUT2D eigenvalue weighted by Gasteiger charge is -2.20. The van der Waals surface area contributed by atoms with Gasteiger partial charge in [0.15, 0.2) is 6.10 Å². The number of hydrogen-bond acceptors (Lipinski definition) is 8. The lowest BCUT2D eigenvalue weighted by atomic mass is 10.0. The zero-order valence-electron chi connectivity index (χ0n) is 14.1. The van der Waals surface area contributed by atoms with Crippen molar-refractivity contribution < 1.29 is 28.9 Å². The van der Waals surface area contributed by atoms with Gasteiger partial charge in [-0.25, -0.2) is 4.79 Å². The van der Waals surface area contributed by atoms with Crippen LogP contribution in [0.15, 0.2) is 15.8 Å². The molecule has 2 rings (SSSR count). The third-order valence-corrected chi connectivity index (χ3v) is 3.78. The SMILES string of the molecule is CCn1cc([C@@H]2O[C@H](COC(C)=O)[C@@H](O)[C@H]2OC(C)=O)c(=O)[nH]c1=O. The second kappa shape index (κ2) is 7.62. The zero-order valence-corrected chi connectivity index (χ0v) is 14.1. The van der Waals surface area contributed by atoms with Gasteiger partial charge in [0.1, 0.15) is 24.9 Å². The molecule has 1 aliphatic heterocycles. The van der Waals surface area contributed by atoms with E-state index in [-0.39, 0.29) is 12.2 Å². The Bertz CT molecular complexity index is 768. The van der Waals surface area contributed by atoms with E-state index in [9.17, 15) is 24.3 Å². The van der Waals surface area contributed by atoms with Gasteiger partial charge in [0.25, 0.3) is 5.56 Å². The maximum absolute atomic E-state index is 12.1. The van der Waals surface area contributed by atoms with Gasteiger partial charge in [-0.05, 0) is 6.92 Å². The quantitative estimate of drug-likeness (QED) is 0.631. The van der Waals surface area contributed by atoms with E-state index in [0.29, 0.717) is 6.54 Å². The molecule has 0 aromatic carbocycles. The van der Waals surface area contributed by atoms with E-state index >= 15 is 0 Å². The number of aryl methyl sites for hydroxylation is 1. The number of carbonyl (C=O) groups is 2. The van der Waals surface area contributed by atoms with E-state index in [2.05, 4.69) is 4.98 Å². The van der Waals surface area contributed by atoms with E-state index in [1.807, 2.05) is 0 Å². The first-order chi connectivity index (χ1) is 11.7. The van der Waals surface area contributed by atoms with Gasteiger partial charge in [-0.1, -0.05) is 0 Å². The Morgan fingerprint density at radius 2 is 2.00 bits per heavy atom. The summed E-state index contributed by atoms with van der Waals surface area (Å²) >= 11 is 0. The Morgan fingerprint density at radius 3 is 2.56 bits per heavy atom. The number of aliphatic hydroxyl groups is 1. The second-order valence-corrected chi connectivity index (χ2v) is 5.59. The average Bonchev–Trinajstić information content (AvgIpc) is 2.82. The molecule has 10 nitrogen and oxygen atoms in total. The number of H-pyrrole nitrogens is 1. The number of rotatable bonds is 5. The standard InChI is InChI=1S/C15H20N2O8/c1-4-17-5-9(14(21)16-15(17)22)12-13(24-8(3)19)11(20)10(25-12)6-23-7(2)18/h5,10-13,20H,4,6H2,1-3H3,(H,16,21,22)/t10-,11-,12+,13-/m1/s1. The zero-order chi connectivity index (χ0) is 18.7. The van der Waals surface area contributed by atoms with E-state index in [4.69, 9.17) is 14.2 Å². The molecule has 1 aromatic rings. The summed E-state index contributed by atoms with van der Waals surface area (Å²) in [5, 5.41) is 10.3. The highest BCUT2D eigenvalue weighted by atomic mass is 16.6. The molecule has 2 heterocycles. The minimum atomic E-state index is -1.31. The van der Waals surface area contributed by atoms with Crippen molar-refractivity contribution in [3.05, 3.63) is 32.6 Å². The van der Waals surface area contributed by atoms with Crippen molar-refractivity contribution in [3.63, 3.8) is 0 Å². The minimum absolute atomic E-state index is 0.0251. The summed E-state index contributed by atoms with van der Waals surface area (Å²) in [6.45, 7) is 4.09. The number of hydrogen-bond donors (Lipinski definition) is 2. The number of nitrogens with one attached hydrogen (secondary N) is 1. The van der Waals surface area contributed by atoms with Gasteiger partial charge in [0.05, 0.1) is 5.56 Å². The Balaban J connectivity index is 2.39. The number of aromatic nitrogens is 2. The third-order valence-electron chi connectivity index (χ3n) is 3.78. The van der Waals surface area contributed by atoms with Crippen molar-refractivity contribution in [3.8, 4) is 0 Å². The molecule has 0 saturated carbocycles. The predicted octanol–water partition coefficient (Wildman–Crippen LogP) is -1.15. The monoisotopic (exact) mass is 356 g/mol. The van der Waals surface area contributed by atoms with Crippen LogP contribution >= 0.6 is 0 Å². The van der Waals surface area contributed by atoms with Crippen LogP contribution in [0.2, 0.25) is 0 Å². The van der Waals surface area contributed by atoms with Gasteiger partial charge in [-0.2, -0.15) is 0 Å². The van der Waals surface area contributed by atoms with Crippen molar-refractivity contribution in [2.24, 2.45) is 0 Å². The predicted molar refractivity (Wildman–Crippen MR) is 82.8 cm³/mol. The fourth-order valence-corrected chi connectivity index (χ4v) is 2.61. The van der Waals surface area contributed by atoms with Gasteiger partial charge in [-0.15, -0.1) is 0 Å². The van der Waals surface area contributed by atoms with Gasteiger partial charge < -0.3 is 23.9 Å². The van der Waals surface area contributed by atoms with Crippen LogP contribution in [0.3, 0.4) is 0 Å². The van der Waals surface area contributed by atoms with Crippen molar-refractivity contribution in [2.75, 3.05) is 6.61 Å². The lowest BCUT2D eigenvalue weighted by Crippen LogP contribution is -2.38. The summed E-state index contributed by atoms with van der Waals surface area (Å²) in [5.74, 6) is -1.24. The van der Waals surface area contributed by atoms with Gasteiger partial charge in [0.2, 0.25) is 0 Å². The highest BCUT2D eigenvalue weighted by Gasteiger charge is 2.48. The first kappa shape index (κ1) is 18.9. The van der Waals surface area contributed by atoms with Crippen LogP contribution in [-0.2, 0) is 30.3 Å². The third kappa shape index (κ3) is 4.15. The van der Waals surface area contributed by atoms with Crippen LogP contribution in [0.4, 0.5) is 0 Å². The van der Waals surface area contributed by atoms with Crippen molar-refractivity contribution in [2.45, 2.75) is 51.7 Å². The molecular weight excluding hydrogens is 336 g/mol. The first-order valence-corrected chi connectivity index (χ1v) is 7.72. The van der Waals surface area contributed by atoms with Crippen molar-refractivity contribution in [1.29, 1.82) is 0 Å². The normalized spacial score (nSPS) is 25.6. The molecule has 4 atom stereocenters. The van der Waals surface area contributed by atoms with Crippen LogP contribution in [0.25, 0.3) is 0 Å². The number of aliphatic hydroxyl groups excluding tert-OH is 1. The summed E-state index contributed by atoms with van der Waals surface area (Å²) in [7, 11) is 0. The summed E-state index contributed by atoms with van der Waals surface area (Å²) in [5.41, 5.74) is -1.27. The Kier molecular flexibility index (Phi) is 5.75. The molecule has 1 fully saturated rings. The molecular formula is C15H20N2O8. The molecule has 138 valence electrons. The average molecular weight is 356 g/mol.